The van der Waals surface area contributed by atoms with Gasteiger partial charge in [-0.15, -0.1) is 0 Å². The first-order valence-electron chi connectivity index (χ1n) is 5.94. The van der Waals surface area contributed by atoms with Gasteiger partial charge in [0.15, 0.2) is 0 Å². The molecule has 0 fully saturated rings. The average Bonchev–Trinajstić information content (AvgIpc) is 2.37. The largest absolute Gasteiger partial charge is 0.416 e. The Morgan fingerprint density at radius 3 is 1.43 bits per heavy atom. The van der Waals surface area contributed by atoms with Crippen LogP contribution in [0.25, 0.3) is 11.1 Å². The number of rotatable bonds is 1. The van der Waals surface area contributed by atoms with Gasteiger partial charge in [0, 0.05) is 0 Å². The Kier molecular flexibility index (Phi) is 3.78. The van der Waals surface area contributed by atoms with E-state index in [-0.39, 0.29) is 11.6 Å². The number of hydrogen-bond acceptors (Lipinski definition) is 0. The van der Waals surface area contributed by atoms with E-state index in [4.69, 9.17) is 0 Å². The van der Waals surface area contributed by atoms with Crippen molar-refractivity contribution in [1.29, 1.82) is 0 Å². The second-order valence-electron chi connectivity index (χ2n) is 4.66. The van der Waals surface area contributed by atoms with Gasteiger partial charge in [0.1, 0.15) is 7.85 Å². The molecular formula is C14H9BF6. The summed E-state index contributed by atoms with van der Waals surface area (Å²) < 4.78 is 76.5. The quantitative estimate of drug-likeness (QED) is 0.557. The summed E-state index contributed by atoms with van der Waals surface area (Å²) in [7, 11) is 1.77. The third-order valence-corrected chi connectivity index (χ3v) is 2.97. The molecule has 0 radical (unpaired) electrons. The summed E-state index contributed by atoms with van der Waals surface area (Å²) in [5, 5.41) is 0. The molecule has 0 amide bonds. The minimum Gasteiger partial charge on any atom is -0.166 e. The SMILES string of the molecule is Bc1ccc(-c2cc(C(F)(F)F)cc(C(F)(F)F)c2)cc1. The molecule has 2 aromatic carbocycles. The molecule has 0 aliphatic rings. The van der Waals surface area contributed by atoms with Crippen LogP contribution in [0.5, 0.6) is 0 Å². The molecule has 0 nitrogen and oxygen atoms in total. The van der Waals surface area contributed by atoms with Crippen LogP contribution in [0.1, 0.15) is 11.1 Å². The first-order chi connectivity index (χ1) is 9.57. The van der Waals surface area contributed by atoms with Gasteiger partial charge in [-0.05, 0) is 29.3 Å². The van der Waals surface area contributed by atoms with Crippen molar-refractivity contribution in [3.05, 3.63) is 53.6 Å². The third kappa shape index (κ3) is 3.59. The van der Waals surface area contributed by atoms with E-state index in [0.29, 0.717) is 5.56 Å². The second kappa shape index (κ2) is 5.13. The van der Waals surface area contributed by atoms with Crippen molar-refractivity contribution in [2.24, 2.45) is 0 Å². The first kappa shape index (κ1) is 15.5. The maximum atomic E-state index is 12.7. The highest BCUT2D eigenvalue weighted by atomic mass is 19.4. The van der Waals surface area contributed by atoms with Crippen LogP contribution >= 0.6 is 0 Å². The fourth-order valence-electron chi connectivity index (χ4n) is 1.87. The molecule has 0 unspecified atom stereocenters. The molecule has 0 aliphatic carbocycles. The van der Waals surface area contributed by atoms with E-state index in [1.54, 1.807) is 20.0 Å². The summed E-state index contributed by atoms with van der Waals surface area (Å²) in [4.78, 5) is 0. The van der Waals surface area contributed by atoms with E-state index in [9.17, 15) is 26.3 Å². The predicted molar refractivity (Wildman–Crippen MR) is 70.1 cm³/mol. The van der Waals surface area contributed by atoms with Crippen LogP contribution in [0.2, 0.25) is 0 Å². The standard InChI is InChI=1S/C14H9BF6/c15-12-3-1-8(2-4-12)9-5-10(13(16,17)18)7-11(6-9)14(19,20)21/h1-7H,15H2. The van der Waals surface area contributed by atoms with Crippen LogP contribution in [0.4, 0.5) is 26.3 Å². The third-order valence-electron chi connectivity index (χ3n) is 2.97. The van der Waals surface area contributed by atoms with Crippen LogP contribution in [0.15, 0.2) is 42.5 Å². The molecule has 0 saturated heterocycles. The smallest absolute Gasteiger partial charge is 0.166 e. The zero-order chi connectivity index (χ0) is 15.8. The molecule has 7 heteroatoms. The van der Waals surface area contributed by atoms with Crippen LogP contribution in [0.3, 0.4) is 0 Å². The van der Waals surface area contributed by atoms with Crippen LogP contribution in [0, 0.1) is 0 Å². The fraction of sp³-hybridized carbons (Fsp3) is 0.143. The number of alkyl halides is 6. The molecule has 2 aromatic rings. The molecule has 0 spiro atoms. The van der Waals surface area contributed by atoms with Gasteiger partial charge < -0.3 is 0 Å². The maximum Gasteiger partial charge on any atom is 0.416 e. The van der Waals surface area contributed by atoms with E-state index in [0.717, 1.165) is 17.6 Å². The van der Waals surface area contributed by atoms with Gasteiger partial charge in [-0.25, -0.2) is 0 Å². The van der Waals surface area contributed by atoms with Gasteiger partial charge in [0.2, 0.25) is 0 Å². The van der Waals surface area contributed by atoms with E-state index in [1.807, 2.05) is 0 Å². The van der Waals surface area contributed by atoms with Crippen molar-refractivity contribution >= 4 is 13.3 Å². The summed E-state index contributed by atoms with van der Waals surface area (Å²) >= 11 is 0. The molecule has 0 saturated carbocycles. The van der Waals surface area contributed by atoms with Crippen LogP contribution in [-0.2, 0) is 12.4 Å². The summed E-state index contributed by atoms with van der Waals surface area (Å²) in [5.41, 5.74) is -1.57. The topological polar surface area (TPSA) is 0 Å². The molecule has 2 rings (SSSR count). The van der Waals surface area contributed by atoms with Crippen molar-refractivity contribution < 1.29 is 26.3 Å². The number of benzene rings is 2. The Morgan fingerprint density at radius 2 is 1.05 bits per heavy atom. The molecular weight excluding hydrogens is 293 g/mol. The highest BCUT2D eigenvalue weighted by Gasteiger charge is 2.36. The highest BCUT2D eigenvalue weighted by molar-refractivity contribution is 6.32. The van der Waals surface area contributed by atoms with Gasteiger partial charge in [0.05, 0.1) is 11.1 Å². The summed E-state index contributed by atoms with van der Waals surface area (Å²) in [6, 6.07) is 7.80. The van der Waals surface area contributed by atoms with Gasteiger partial charge in [-0.2, -0.15) is 26.3 Å². The average molecular weight is 302 g/mol. The zero-order valence-corrected chi connectivity index (χ0v) is 10.8. The molecule has 110 valence electrons. The van der Waals surface area contributed by atoms with Gasteiger partial charge >= 0.3 is 12.4 Å². The molecule has 0 heterocycles. The van der Waals surface area contributed by atoms with Crippen molar-refractivity contribution in [3.8, 4) is 11.1 Å². The molecule has 0 aromatic heterocycles. The Balaban J connectivity index is 2.63. The van der Waals surface area contributed by atoms with Crippen molar-refractivity contribution in [2.45, 2.75) is 12.4 Å². The van der Waals surface area contributed by atoms with Crippen LogP contribution < -0.4 is 5.46 Å². The summed E-state index contributed by atoms with van der Waals surface area (Å²) in [6.07, 6.45) is -9.67. The van der Waals surface area contributed by atoms with Crippen molar-refractivity contribution in [1.82, 2.24) is 0 Å². The lowest BCUT2D eigenvalue weighted by Gasteiger charge is -2.14. The Morgan fingerprint density at radius 1 is 0.619 bits per heavy atom. The highest BCUT2D eigenvalue weighted by Crippen LogP contribution is 2.38. The van der Waals surface area contributed by atoms with Gasteiger partial charge in [0.25, 0.3) is 0 Å². The van der Waals surface area contributed by atoms with Crippen LogP contribution in [-0.4, -0.2) is 7.85 Å². The van der Waals surface area contributed by atoms with E-state index in [1.165, 1.54) is 12.1 Å². The zero-order valence-electron chi connectivity index (χ0n) is 10.8. The second-order valence-corrected chi connectivity index (χ2v) is 4.66. The van der Waals surface area contributed by atoms with E-state index in [2.05, 4.69) is 0 Å². The maximum absolute atomic E-state index is 12.7. The Bertz CT molecular complexity index is 608. The van der Waals surface area contributed by atoms with E-state index < -0.39 is 23.5 Å². The lowest BCUT2D eigenvalue weighted by molar-refractivity contribution is -0.143. The Hall–Kier alpha value is -1.92. The predicted octanol–water partition coefficient (Wildman–Crippen LogP) is 3.65. The minimum atomic E-state index is -4.83. The number of halogens is 6. The van der Waals surface area contributed by atoms with Gasteiger partial charge in [-0.3, -0.25) is 0 Å². The van der Waals surface area contributed by atoms with Crippen molar-refractivity contribution in [2.75, 3.05) is 0 Å². The monoisotopic (exact) mass is 302 g/mol. The summed E-state index contributed by atoms with van der Waals surface area (Å²) in [5.74, 6) is 0. The molecule has 0 bridgehead atoms. The molecule has 0 aliphatic heterocycles. The first-order valence-corrected chi connectivity index (χ1v) is 5.94. The molecule has 0 N–H and O–H groups in total. The minimum absolute atomic E-state index is 0.114. The molecule has 21 heavy (non-hydrogen) atoms. The lowest BCUT2D eigenvalue weighted by atomic mass is 9.92. The molecule has 0 atom stereocenters. The number of hydrogen-bond donors (Lipinski definition) is 0. The van der Waals surface area contributed by atoms with Gasteiger partial charge in [-0.1, -0.05) is 29.7 Å². The lowest BCUT2D eigenvalue weighted by Crippen LogP contribution is -2.11. The van der Waals surface area contributed by atoms with Crippen molar-refractivity contribution in [3.63, 3.8) is 0 Å². The van der Waals surface area contributed by atoms with E-state index >= 15 is 0 Å². The fourth-order valence-corrected chi connectivity index (χ4v) is 1.87. The Labute approximate surface area is 117 Å². The summed E-state index contributed by atoms with van der Waals surface area (Å²) in [6.45, 7) is 0. The normalized spacial score (nSPS) is 12.5.